The molecule has 8 heterocycles. The number of aryl methyl sites for hydroxylation is 2. The molecule has 0 saturated heterocycles. The Balaban J connectivity index is 0.000000173. The van der Waals surface area contributed by atoms with Crippen LogP contribution in [0.1, 0.15) is 85.2 Å². The van der Waals surface area contributed by atoms with Crippen LogP contribution in [-0.2, 0) is 25.3 Å². The number of nitrogens with one attached hydrogen (secondary N) is 3. The van der Waals surface area contributed by atoms with Crippen molar-refractivity contribution < 1.29 is 46.8 Å². The van der Waals surface area contributed by atoms with E-state index in [-0.39, 0.29) is 57.8 Å². The summed E-state index contributed by atoms with van der Waals surface area (Å²) < 4.78 is 66.7. The molecule has 8 aromatic heterocycles. The van der Waals surface area contributed by atoms with E-state index < -0.39 is 35.0 Å². The molecule has 2 fully saturated rings. The maximum absolute atomic E-state index is 14.5. The van der Waals surface area contributed by atoms with Crippen molar-refractivity contribution in [2.75, 3.05) is 47.4 Å². The highest BCUT2D eigenvalue weighted by atomic mass is 79.9. The first-order chi connectivity index (χ1) is 44.6. The van der Waals surface area contributed by atoms with Gasteiger partial charge in [-0.3, -0.25) is 19.0 Å². The first-order valence-electron chi connectivity index (χ1n) is 28.7. The molecule has 2 aliphatic rings. The molecule has 2 aromatic carbocycles. The fourth-order valence-electron chi connectivity index (χ4n) is 8.81. The lowest BCUT2D eigenvalue weighted by Crippen LogP contribution is -2.18. The Morgan fingerprint density at radius 1 is 0.564 bits per heavy atom. The summed E-state index contributed by atoms with van der Waals surface area (Å²) in [6.07, 6.45) is 9.80. The maximum Gasteiger partial charge on any atom is 0.229 e. The lowest BCUT2D eigenvalue weighted by molar-refractivity contribution is 0.0730. The predicted octanol–water partition coefficient (Wildman–Crippen LogP) is 12.0. The summed E-state index contributed by atoms with van der Waals surface area (Å²) in [7, 11) is 6.73. The lowest BCUT2D eigenvalue weighted by atomic mass is 10.0. The fraction of sp³-hybridized carbons (Fsp3) is 0.250. The van der Waals surface area contributed by atoms with Crippen molar-refractivity contribution in [3.05, 3.63) is 184 Å². The summed E-state index contributed by atoms with van der Waals surface area (Å²) in [5.74, 6) is 0.765. The number of benzene rings is 2. The number of pyridine rings is 6. The van der Waals surface area contributed by atoms with Crippen molar-refractivity contribution in [3.63, 3.8) is 0 Å². The maximum atomic E-state index is 14.5. The molecule has 12 rings (SSSR count). The first kappa shape index (κ1) is 69.7. The number of nitrogen functional groups attached to an aromatic ring is 3. The lowest BCUT2D eigenvalue weighted by Gasteiger charge is -2.19. The van der Waals surface area contributed by atoms with Crippen molar-refractivity contribution in [2.24, 2.45) is 25.9 Å². The van der Waals surface area contributed by atoms with Gasteiger partial charge < -0.3 is 52.8 Å². The molecule has 0 bridgehead atoms. The number of aliphatic hydroxyl groups is 2. The van der Waals surface area contributed by atoms with Crippen LogP contribution in [0.3, 0.4) is 0 Å². The van der Waals surface area contributed by atoms with Crippen molar-refractivity contribution >= 4 is 90.9 Å². The minimum atomic E-state index is -1.37. The quantitative estimate of drug-likeness (QED) is 0.0253. The fourth-order valence-corrected chi connectivity index (χ4v) is 9.19. The molecular formula is C64H66BrClF4N18O6. The normalized spacial score (nSPS) is 12.4. The van der Waals surface area contributed by atoms with Crippen LogP contribution < -0.4 is 42.6 Å². The summed E-state index contributed by atoms with van der Waals surface area (Å²) >= 11 is 9.01. The molecule has 0 spiro atoms. The zero-order valence-corrected chi connectivity index (χ0v) is 54.3. The van der Waals surface area contributed by atoms with Crippen molar-refractivity contribution in [1.29, 1.82) is 0 Å². The Labute approximate surface area is 550 Å². The summed E-state index contributed by atoms with van der Waals surface area (Å²) in [6.45, 7) is 5.96. The first-order valence-corrected chi connectivity index (χ1v) is 29.9. The van der Waals surface area contributed by atoms with E-state index in [4.69, 9.17) is 38.3 Å². The van der Waals surface area contributed by atoms with E-state index in [0.717, 1.165) is 31.2 Å². The third-order valence-electron chi connectivity index (χ3n) is 13.7. The van der Waals surface area contributed by atoms with E-state index in [2.05, 4.69) is 81.9 Å². The molecule has 94 heavy (non-hydrogen) atoms. The number of hydrogen-bond acceptors (Lipinski definition) is 22. The smallest absolute Gasteiger partial charge is 0.229 e. The largest absolute Gasteiger partial charge is 0.494 e. The number of carbonyl (C=O) groups is 2. The Hall–Kier alpha value is -10.2. The predicted molar refractivity (Wildman–Crippen MR) is 352 cm³/mol. The van der Waals surface area contributed by atoms with Crippen molar-refractivity contribution in [1.82, 2.24) is 59.4 Å². The molecule has 30 heteroatoms. The molecule has 11 N–H and O–H groups in total. The number of halogens is 6. The van der Waals surface area contributed by atoms with Crippen LogP contribution in [0.4, 0.5) is 69.4 Å². The molecule has 490 valence electrons. The number of methoxy groups -OCH3 is 2. The van der Waals surface area contributed by atoms with Gasteiger partial charge in [-0.2, -0.15) is 27.8 Å². The number of nitrogens with two attached hydrogens (primary N) is 3. The number of carbonyl (C=O) groups excluding carboxylic acids is 2. The number of Topliss-reactive ketones (excluding diaryl/α,β-unsaturated/α-hetero) is 2. The molecule has 0 radical (unpaired) electrons. The van der Waals surface area contributed by atoms with Gasteiger partial charge in [0, 0.05) is 55.5 Å². The van der Waals surface area contributed by atoms with Crippen molar-refractivity contribution in [3.8, 4) is 34.3 Å². The van der Waals surface area contributed by atoms with Crippen LogP contribution in [0.5, 0.6) is 11.5 Å². The number of ketones is 2. The van der Waals surface area contributed by atoms with E-state index in [1.807, 2.05) is 36.4 Å². The second-order valence-corrected chi connectivity index (χ2v) is 23.4. The number of aromatic nitrogens is 12. The molecule has 2 aliphatic carbocycles. The topological polar surface area (TPSA) is 346 Å². The second kappa shape index (κ2) is 30.5. The third-order valence-corrected chi connectivity index (χ3v) is 14.5. The zero-order chi connectivity index (χ0) is 68.2. The van der Waals surface area contributed by atoms with Crippen LogP contribution in [0.25, 0.3) is 22.8 Å². The number of ether oxygens (including phenoxy) is 2. The number of hydrogen-bond donors (Lipinski definition) is 8. The van der Waals surface area contributed by atoms with Crippen LogP contribution in [-0.4, -0.2) is 95.4 Å². The number of nitrogens with zero attached hydrogens (tertiary/aromatic N) is 12. The van der Waals surface area contributed by atoms with Gasteiger partial charge in [0.15, 0.2) is 34.7 Å². The summed E-state index contributed by atoms with van der Waals surface area (Å²) in [5.41, 5.74) is 18.0. The summed E-state index contributed by atoms with van der Waals surface area (Å²) in [4.78, 5) is 56.7. The van der Waals surface area contributed by atoms with Gasteiger partial charge in [0.1, 0.15) is 46.9 Å². The van der Waals surface area contributed by atoms with Crippen LogP contribution in [0.2, 0.25) is 5.15 Å². The molecular weight excluding hydrogens is 1310 g/mol. The third kappa shape index (κ3) is 18.7. The summed E-state index contributed by atoms with van der Waals surface area (Å²) in [5, 5.41) is 38.2. The molecule has 2 saturated carbocycles. The summed E-state index contributed by atoms with van der Waals surface area (Å²) in [6, 6.07) is 27.7. The highest BCUT2D eigenvalue weighted by Gasteiger charge is 2.34. The average molecular weight is 1370 g/mol. The molecule has 10 aromatic rings. The Morgan fingerprint density at radius 2 is 1.02 bits per heavy atom. The van der Waals surface area contributed by atoms with E-state index in [9.17, 15) is 37.4 Å². The molecule has 0 amide bonds. The molecule has 0 unspecified atom stereocenters. The Kier molecular flexibility index (Phi) is 22.6. The SMILES string of the molecule is CC(C)(O)c1ccc(N)nc1F.COc1c(Nc2cc(Cl)ncc2C(=O)C2CC2)cccc1-c1ncn(C)n1.COc1c(Nc2cc(Nc3ccc(C(C)(C)O)c(F)n3)ncc2C(=O)C2CC2)cccc1-c1ncn(C)n1.Nc1ccc(Br)c(F)n1.Nc1cccc(F)n1. The van der Waals surface area contributed by atoms with Gasteiger partial charge >= 0.3 is 0 Å². The average Bonchev–Trinajstić information content (AvgIpc) is 1.34. The van der Waals surface area contributed by atoms with Gasteiger partial charge in [-0.15, -0.1) is 0 Å². The van der Waals surface area contributed by atoms with Crippen LogP contribution in [0, 0.1) is 35.6 Å². The van der Waals surface area contributed by atoms with Gasteiger partial charge in [0.05, 0.1) is 74.9 Å². The molecule has 0 aliphatic heterocycles. The van der Waals surface area contributed by atoms with E-state index in [0.29, 0.717) is 78.0 Å². The van der Waals surface area contributed by atoms with Crippen LogP contribution in [0.15, 0.2) is 133 Å². The minimum absolute atomic E-state index is 0.00626. The number of para-hydroxylation sites is 2. The highest BCUT2D eigenvalue weighted by Crippen LogP contribution is 2.42. The zero-order valence-electron chi connectivity index (χ0n) is 52.0. The second-order valence-electron chi connectivity index (χ2n) is 22.2. The standard InChI is InChI=1S/C27H28FN7O3.C19H18ClN5O2.C8H11FN2O.C5H4BrFN2.C5H5FN2/c1-27(2,37)18-10-11-21(33-25(18)28)32-22-12-20(17(13-29-22)23(36)15-8-9-15)31-19-7-5-6-16(24(19)38-4)26-30-14-35(3)34-26;1-25-10-22-19(24-25)12-4-3-5-14(18(12)27-2)23-15-8-16(20)21-9-13(15)17(26)11-6-7-11;1-8(2,12)5-3-4-6(10)11-7(5)9;6-3-1-2-4(8)9-5(3)7;6-4-2-1-3-5(7)8-4/h5-7,10-15,37H,8-9H2,1-4H3,(H2,29,31,32,33);3-5,8-11H,6-7H2,1-2H3,(H,21,23);3-4,12H,1-2H3,(H2,10,11);1-2H,(H2,8,9);1-3H,(H2,7,8). The van der Waals surface area contributed by atoms with Gasteiger partial charge in [0.2, 0.25) is 23.8 Å². The number of rotatable bonds is 16. The van der Waals surface area contributed by atoms with E-state index >= 15 is 0 Å². The minimum Gasteiger partial charge on any atom is -0.494 e. The van der Waals surface area contributed by atoms with Gasteiger partial charge in [-0.25, -0.2) is 39.9 Å². The molecule has 0 atom stereocenters. The monoisotopic (exact) mass is 1370 g/mol. The Morgan fingerprint density at radius 3 is 1.44 bits per heavy atom. The molecule has 24 nitrogen and oxygen atoms in total. The van der Waals surface area contributed by atoms with E-state index in [1.54, 1.807) is 68.5 Å². The Bertz CT molecular complexity index is 4320. The van der Waals surface area contributed by atoms with Gasteiger partial charge in [-0.1, -0.05) is 29.8 Å². The number of anilines is 9. The van der Waals surface area contributed by atoms with Crippen molar-refractivity contribution in [2.45, 2.75) is 64.6 Å². The van der Waals surface area contributed by atoms with E-state index in [1.165, 1.54) is 88.6 Å². The van der Waals surface area contributed by atoms with Gasteiger partial charge in [-0.05, 0) is 148 Å². The van der Waals surface area contributed by atoms with Gasteiger partial charge in [0.25, 0.3) is 0 Å². The highest BCUT2D eigenvalue weighted by molar-refractivity contribution is 9.10. The van der Waals surface area contributed by atoms with Crippen LogP contribution >= 0.6 is 27.5 Å².